The van der Waals surface area contributed by atoms with Gasteiger partial charge in [0.1, 0.15) is 11.5 Å². The second kappa shape index (κ2) is 6.39. The third kappa shape index (κ3) is 2.75. The van der Waals surface area contributed by atoms with Gasteiger partial charge in [-0.25, -0.2) is 13.8 Å². The molecule has 142 valence electrons. The number of rotatable bonds is 2. The Kier molecular flexibility index (Phi) is 4.28. The van der Waals surface area contributed by atoms with Gasteiger partial charge in [0.25, 0.3) is 0 Å². The van der Waals surface area contributed by atoms with Crippen LogP contribution in [0.5, 0.6) is 0 Å². The molecule has 0 bridgehead atoms. The minimum atomic E-state index is -1.23. The summed E-state index contributed by atoms with van der Waals surface area (Å²) in [6, 6.07) is 6.44. The second-order valence-corrected chi connectivity index (χ2v) is 7.76. The van der Waals surface area contributed by atoms with E-state index in [0.29, 0.717) is 40.8 Å². The first-order valence-electron chi connectivity index (χ1n) is 9.15. The molecular weight excluding hydrogens is 348 g/mol. The molecule has 3 heterocycles. The van der Waals surface area contributed by atoms with E-state index < -0.39 is 17.2 Å². The third-order valence-corrected chi connectivity index (χ3v) is 5.91. The van der Waals surface area contributed by atoms with Crippen molar-refractivity contribution < 1.29 is 13.9 Å². The van der Waals surface area contributed by atoms with Crippen molar-refractivity contribution in [2.24, 2.45) is 11.8 Å². The maximum atomic E-state index is 15.1. The summed E-state index contributed by atoms with van der Waals surface area (Å²) in [5.41, 5.74) is 0.617. The number of nitrogens with zero attached hydrogens (tertiary/aromatic N) is 2. The van der Waals surface area contributed by atoms with E-state index in [0.717, 1.165) is 0 Å². The average molecular weight is 371 g/mol. The monoisotopic (exact) mass is 371 g/mol. The van der Waals surface area contributed by atoms with Crippen molar-refractivity contribution in [3.05, 3.63) is 53.9 Å². The zero-order valence-electron chi connectivity index (χ0n) is 15.6. The zero-order valence-corrected chi connectivity index (χ0v) is 15.6. The van der Waals surface area contributed by atoms with Crippen LogP contribution in [0.25, 0.3) is 22.2 Å². The maximum Gasteiger partial charge on any atom is 0.150 e. The number of halogens is 2. The molecular formula is C21H23F2N3O. The predicted molar refractivity (Wildman–Crippen MR) is 101 cm³/mol. The summed E-state index contributed by atoms with van der Waals surface area (Å²) in [4.78, 5) is 9.03. The normalized spacial score (nSPS) is 26.6. The van der Waals surface area contributed by atoms with Crippen molar-refractivity contribution in [1.29, 1.82) is 0 Å². The molecule has 27 heavy (non-hydrogen) atoms. The Morgan fingerprint density at radius 2 is 1.85 bits per heavy atom. The van der Waals surface area contributed by atoms with Gasteiger partial charge in [-0.05, 0) is 30.3 Å². The van der Waals surface area contributed by atoms with Crippen LogP contribution < -0.4 is 0 Å². The second-order valence-electron chi connectivity index (χ2n) is 7.76. The van der Waals surface area contributed by atoms with Crippen LogP contribution in [0.4, 0.5) is 8.78 Å². The van der Waals surface area contributed by atoms with E-state index in [4.69, 9.17) is 0 Å². The quantitative estimate of drug-likeness (QED) is 0.718. The van der Waals surface area contributed by atoms with Gasteiger partial charge >= 0.3 is 0 Å². The summed E-state index contributed by atoms with van der Waals surface area (Å²) in [6.45, 7) is 5.28. The molecule has 1 aromatic carbocycles. The summed E-state index contributed by atoms with van der Waals surface area (Å²) in [5, 5.41) is 11.7. The lowest BCUT2D eigenvalue weighted by molar-refractivity contribution is -0.110. The zero-order chi connectivity index (χ0) is 19.3. The predicted octanol–water partition coefficient (Wildman–Crippen LogP) is 3.91. The largest absolute Gasteiger partial charge is 0.384 e. The first kappa shape index (κ1) is 18.1. The molecule has 2 aromatic heterocycles. The molecule has 1 fully saturated rings. The molecule has 0 saturated carbocycles. The fourth-order valence-electron chi connectivity index (χ4n) is 4.57. The smallest absolute Gasteiger partial charge is 0.150 e. The SMILES string of the molecule is C[C@@H]1CN(C)C[C@H](C)C1(O)c1ccc(-c2ccnc3[nH]cc(F)c23)cc1F. The summed E-state index contributed by atoms with van der Waals surface area (Å²) in [7, 11) is 2.01. The van der Waals surface area contributed by atoms with E-state index in [-0.39, 0.29) is 11.8 Å². The van der Waals surface area contributed by atoms with Gasteiger partial charge < -0.3 is 15.0 Å². The number of aromatic nitrogens is 2. The number of hydrogen-bond donors (Lipinski definition) is 2. The Balaban J connectivity index is 1.80. The Morgan fingerprint density at radius 3 is 2.52 bits per heavy atom. The number of pyridine rings is 1. The van der Waals surface area contributed by atoms with E-state index >= 15 is 4.39 Å². The molecule has 6 heteroatoms. The van der Waals surface area contributed by atoms with Gasteiger partial charge in [0.05, 0.1) is 11.0 Å². The molecule has 4 nitrogen and oxygen atoms in total. The lowest BCUT2D eigenvalue weighted by atomic mass is 9.70. The van der Waals surface area contributed by atoms with Gasteiger partial charge in [-0.15, -0.1) is 0 Å². The summed E-state index contributed by atoms with van der Waals surface area (Å²) in [5.74, 6) is -1.12. The van der Waals surface area contributed by atoms with Crippen molar-refractivity contribution in [1.82, 2.24) is 14.9 Å². The van der Waals surface area contributed by atoms with E-state index in [9.17, 15) is 9.50 Å². The van der Waals surface area contributed by atoms with Crippen LogP contribution in [0.2, 0.25) is 0 Å². The number of nitrogens with one attached hydrogen (secondary N) is 1. The molecule has 1 saturated heterocycles. The summed E-state index contributed by atoms with van der Waals surface area (Å²) < 4.78 is 29.3. The molecule has 1 aliphatic heterocycles. The number of benzene rings is 1. The molecule has 0 aliphatic carbocycles. The molecule has 3 aromatic rings. The topological polar surface area (TPSA) is 52.1 Å². The van der Waals surface area contributed by atoms with E-state index in [1.807, 2.05) is 20.9 Å². The van der Waals surface area contributed by atoms with Crippen LogP contribution in [-0.2, 0) is 5.60 Å². The van der Waals surface area contributed by atoms with Gasteiger partial charge in [0, 0.05) is 42.9 Å². The van der Waals surface area contributed by atoms with Crippen molar-refractivity contribution >= 4 is 11.0 Å². The van der Waals surface area contributed by atoms with Gasteiger partial charge in [-0.2, -0.15) is 0 Å². The number of likely N-dealkylation sites (tertiary alicyclic amines) is 1. The summed E-state index contributed by atoms with van der Waals surface area (Å²) >= 11 is 0. The molecule has 0 radical (unpaired) electrons. The van der Waals surface area contributed by atoms with Gasteiger partial charge in [-0.1, -0.05) is 26.0 Å². The first-order valence-corrected chi connectivity index (χ1v) is 9.15. The summed E-state index contributed by atoms with van der Waals surface area (Å²) in [6.07, 6.45) is 2.81. The number of H-pyrrole nitrogens is 1. The highest BCUT2D eigenvalue weighted by molar-refractivity contribution is 5.93. The van der Waals surface area contributed by atoms with Crippen molar-refractivity contribution in [3.8, 4) is 11.1 Å². The minimum absolute atomic E-state index is 0.110. The van der Waals surface area contributed by atoms with Crippen molar-refractivity contribution in [3.63, 3.8) is 0 Å². The Labute approximate surface area is 156 Å². The van der Waals surface area contributed by atoms with Crippen molar-refractivity contribution in [2.45, 2.75) is 19.4 Å². The average Bonchev–Trinajstić information content (AvgIpc) is 3.01. The highest BCUT2D eigenvalue weighted by Gasteiger charge is 2.46. The first-order chi connectivity index (χ1) is 12.8. The third-order valence-electron chi connectivity index (χ3n) is 5.91. The molecule has 4 rings (SSSR count). The van der Waals surface area contributed by atoms with Crippen LogP contribution in [0.15, 0.2) is 36.7 Å². The Bertz CT molecular complexity index is 988. The number of piperidine rings is 1. The van der Waals surface area contributed by atoms with E-state index in [1.54, 1.807) is 24.4 Å². The number of fused-ring (bicyclic) bond motifs is 1. The lowest BCUT2D eigenvalue weighted by Crippen LogP contribution is -2.53. The van der Waals surface area contributed by atoms with Crippen LogP contribution >= 0.6 is 0 Å². The molecule has 1 aliphatic rings. The van der Waals surface area contributed by atoms with Crippen molar-refractivity contribution in [2.75, 3.05) is 20.1 Å². The molecule has 2 N–H and O–H groups in total. The van der Waals surface area contributed by atoms with E-state index in [2.05, 4.69) is 14.9 Å². The minimum Gasteiger partial charge on any atom is -0.384 e. The standard InChI is InChI=1S/C21H23F2N3O/c1-12-10-26(3)11-13(2)21(12,27)16-5-4-14(8-17(16)22)15-6-7-24-20-19(15)18(23)9-25-20/h4-9,12-13,27H,10-11H2,1-3H3,(H,24,25)/t12-,13+,21?. The van der Waals surface area contributed by atoms with Crippen LogP contribution in [-0.4, -0.2) is 40.1 Å². The maximum absolute atomic E-state index is 15.1. The van der Waals surface area contributed by atoms with Gasteiger partial charge in [-0.3, -0.25) is 0 Å². The number of aliphatic hydroxyl groups is 1. The molecule has 0 spiro atoms. The van der Waals surface area contributed by atoms with Crippen LogP contribution in [0.1, 0.15) is 19.4 Å². The molecule has 0 amide bonds. The number of aromatic amines is 1. The molecule has 3 atom stereocenters. The van der Waals surface area contributed by atoms with Gasteiger partial charge in [0.2, 0.25) is 0 Å². The fourth-order valence-corrected chi connectivity index (χ4v) is 4.57. The highest BCUT2D eigenvalue weighted by atomic mass is 19.1. The van der Waals surface area contributed by atoms with E-state index in [1.165, 1.54) is 12.3 Å². The Morgan fingerprint density at radius 1 is 1.15 bits per heavy atom. The molecule has 1 unspecified atom stereocenters. The van der Waals surface area contributed by atoms with Gasteiger partial charge in [0.15, 0.2) is 5.82 Å². The van der Waals surface area contributed by atoms with Crippen LogP contribution in [0, 0.1) is 23.5 Å². The number of hydrogen-bond acceptors (Lipinski definition) is 3. The lowest BCUT2D eigenvalue weighted by Gasteiger charge is -2.47. The Hall–Kier alpha value is -2.31. The fraction of sp³-hybridized carbons (Fsp3) is 0.381. The van der Waals surface area contributed by atoms with Crippen LogP contribution in [0.3, 0.4) is 0 Å². The highest BCUT2D eigenvalue weighted by Crippen LogP contribution is 2.43.